The number of hydrogen-bond donors (Lipinski definition) is 2. The van der Waals surface area contributed by atoms with E-state index in [9.17, 15) is 9.90 Å². The number of carbonyl (C=O) groups excluding carboxylic acids is 1. The normalized spacial score (nSPS) is 10.7. The second-order valence-corrected chi connectivity index (χ2v) is 8.19. The number of nitrogens with zero attached hydrogens (tertiary/aromatic N) is 2. The third-order valence-electron chi connectivity index (χ3n) is 4.23. The molecule has 0 aliphatic rings. The molecule has 0 saturated carbocycles. The molecule has 7 heteroatoms. The van der Waals surface area contributed by atoms with Crippen LogP contribution in [0.25, 0.3) is 21.8 Å². The molecule has 2 aromatic carbocycles. The number of carbonyl (C=O) groups is 1. The lowest BCUT2D eigenvalue weighted by Crippen LogP contribution is -2.16. The lowest BCUT2D eigenvalue weighted by molar-refractivity contribution is -0.115. The van der Waals surface area contributed by atoms with Crippen LogP contribution in [0, 0.1) is 0 Å². The van der Waals surface area contributed by atoms with Gasteiger partial charge in [0.05, 0.1) is 23.2 Å². The quantitative estimate of drug-likeness (QED) is 0.406. The zero-order valence-corrected chi connectivity index (χ0v) is 17.6. The molecule has 29 heavy (non-hydrogen) atoms. The molecule has 0 bridgehead atoms. The predicted molar refractivity (Wildman–Crippen MR) is 119 cm³/mol. The molecule has 4 aromatic rings. The van der Waals surface area contributed by atoms with Gasteiger partial charge in [0.1, 0.15) is 11.4 Å². The van der Waals surface area contributed by atoms with E-state index >= 15 is 0 Å². The second kappa shape index (κ2) is 8.55. The molecule has 5 nitrogen and oxygen atoms in total. The maximum atomic E-state index is 12.6. The molecule has 144 valence electrons. The van der Waals surface area contributed by atoms with E-state index in [1.807, 2.05) is 41.8 Å². The number of hydrogen-bond acceptors (Lipinski definition) is 5. The van der Waals surface area contributed by atoms with E-state index in [0.29, 0.717) is 17.2 Å². The molecule has 0 aliphatic carbocycles. The summed E-state index contributed by atoms with van der Waals surface area (Å²) in [6.07, 6.45) is 1.87. The van der Waals surface area contributed by atoms with Gasteiger partial charge in [-0.2, -0.15) is 0 Å². The van der Waals surface area contributed by atoms with Crippen LogP contribution < -0.4 is 5.32 Å². The third-order valence-corrected chi connectivity index (χ3v) is 5.63. The molecule has 2 heterocycles. The topological polar surface area (TPSA) is 75.1 Å². The van der Waals surface area contributed by atoms with Crippen LogP contribution in [0.4, 0.5) is 5.82 Å². The largest absolute Gasteiger partial charge is 0.508 e. The number of anilines is 1. The number of rotatable bonds is 5. The van der Waals surface area contributed by atoms with Crippen molar-refractivity contribution in [2.24, 2.45) is 0 Å². The highest BCUT2D eigenvalue weighted by atomic mass is 79.9. The molecular weight excluding hydrogens is 450 g/mol. The number of halogens is 1. The first-order valence-corrected chi connectivity index (χ1v) is 10.5. The predicted octanol–water partition coefficient (Wildman–Crippen LogP) is 5.52. The Morgan fingerprint density at radius 1 is 1.07 bits per heavy atom. The van der Waals surface area contributed by atoms with Gasteiger partial charge in [-0.15, -0.1) is 11.3 Å². The minimum absolute atomic E-state index is 0.156. The Balaban J connectivity index is 1.62. The average molecular weight is 466 g/mol. The number of phenolic OH excluding ortho intramolecular Hbond substituents is 1. The summed E-state index contributed by atoms with van der Waals surface area (Å²) in [6.45, 7) is 0. The minimum atomic E-state index is -0.156. The fraction of sp³-hybridized carbons (Fsp3) is 0.0455. The molecule has 0 spiro atoms. The summed E-state index contributed by atoms with van der Waals surface area (Å²) in [5.74, 6) is 0.464. The number of amides is 1. The molecule has 2 N–H and O–H groups in total. The smallest absolute Gasteiger partial charge is 0.230 e. The SMILES string of the molecule is O=C(Cc1ccc(Br)cc1)Nc1ncc(-c2ccc(O)cc2)nc1-c1cccs1. The molecule has 0 unspecified atom stereocenters. The Bertz CT molecular complexity index is 1130. The summed E-state index contributed by atoms with van der Waals surface area (Å²) in [6, 6.07) is 18.3. The Morgan fingerprint density at radius 2 is 1.83 bits per heavy atom. The van der Waals surface area contributed by atoms with Crippen LogP contribution in [0.1, 0.15) is 5.56 Å². The molecular formula is C22H16BrN3O2S. The van der Waals surface area contributed by atoms with Crippen LogP contribution in [0.15, 0.2) is 76.7 Å². The van der Waals surface area contributed by atoms with E-state index in [-0.39, 0.29) is 18.1 Å². The van der Waals surface area contributed by atoms with Crippen LogP contribution in [0.2, 0.25) is 0 Å². The zero-order valence-electron chi connectivity index (χ0n) is 15.2. The van der Waals surface area contributed by atoms with Crippen LogP contribution in [0.3, 0.4) is 0 Å². The van der Waals surface area contributed by atoms with Crippen molar-refractivity contribution in [1.82, 2.24) is 9.97 Å². The number of benzene rings is 2. The van der Waals surface area contributed by atoms with Gasteiger partial charge in [-0.25, -0.2) is 9.97 Å². The van der Waals surface area contributed by atoms with E-state index in [0.717, 1.165) is 20.5 Å². The second-order valence-electron chi connectivity index (χ2n) is 6.33. The molecule has 0 radical (unpaired) electrons. The van der Waals surface area contributed by atoms with Crippen molar-refractivity contribution in [3.05, 3.63) is 82.3 Å². The maximum absolute atomic E-state index is 12.6. The standard InChI is InChI=1S/C22H16BrN3O2S/c23-16-7-3-14(4-8-16)12-20(28)26-22-21(19-2-1-11-29-19)25-18(13-24-22)15-5-9-17(27)10-6-15/h1-11,13,27H,12H2,(H,24,26,28). The van der Waals surface area contributed by atoms with E-state index in [2.05, 4.69) is 26.2 Å². The Morgan fingerprint density at radius 3 is 2.52 bits per heavy atom. The first-order chi connectivity index (χ1) is 14.1. The zero-order chi connectivity index (χ0) is 20.2. The first kappa shape index (κ1) is 19.3. The summed E-state index contributed by atoms with van der Waals surface area (Å²) in [4.78, 5) is 22.7. The molecule has 2 aromatic heterocycles. The number of phenols is 1. The molecule has 0 atom stereocenters. The average Bonchev–Trinajstić information content (AvgIpc) is 3.25. The monoisotopic (exact) mass is 465 g/mol. The Kier molecular flexibility index (Phi) is 5.69. The Labute approximate surface area is 180 Å². The minimum Gasteiger partial charge on any atom is -0.508 e. The molecule has 0 aliphatic heterocycles. The highest BCUT2D eigenvalue weighted by molar-refractivity contribution is 9.10. The van der Waals surface area contributed by atoms with Gasteiger partial charge in [-0.1, -0.05) is 34.1 Å². The summed E-state index contributed by atoms with van der Waals surface area (Å²) in [5.41, 5.74) is 3.03. The van der Waals surface area contributed by atoms with Crippen molar-refractivity contribution in [3.63, 3.8) is 0 Å². The lowest BCUT2D eigenvalue weighted by Gasteiger charge is -2.11. The van der Waals surface area contributed by atoms with Gasteiger partial charge in [0.15, 0.2) is 5.82 Å². The molecule has 4 rings (SSSR count). The van der Waals surface area contributed by atoms with Crippen molar-refractivity contribution in [3.8, 4) is 27.6 Å². The lowest BCUT2D eigenvalue weighted by atomic mass is 10.1. The number of nitrogens with one attached hydrogen (secondary N) is 1. The number of thiophene rings is 1. The van der Waals surface area contributed by atoms with Gasteiger partial charge in [0.2, 0.25) is 5.91 Å². The van der Waals surface area contributed by atoms with E-state index < -0.39 is 0 Å². The van der Waals surface area contributed by atoms with Crippen molar-refractivity contribution in [1.29, 1.82) is 0 Å². The first-order valence-electron chi connectivity index (χ1n) is 8.83. The van der Waals surface area contributed by atoms with Crippen LogP contribution >= 0.6 is 27.3 Å². The van der Waals surface area contributed by atoms with Gasteiger partial charge in [-0.3, -0.25) is 4.79 Å². The summed E-state index contributed by atoms with van der Waals surface area (Å²) in [7, 11) is 0. The van der Waals surface area contributed by atoms with Crippen molar-refractivity contribution >= 4 is 39.0 Å². The summed E-state index contributed by atoms with van der Waals surface area (Å²) in [5, 5.41) is 14.4. The van der Waals surface area contributed by atoms with E-state index in [1.54, 1.807) is 30.5 Å². The van der Waals surface area contributed by atoms with Crippen molar-refractivity contribution < 1.29 is 9.90 Å². The summed E-state index contributed by atoms with van der Waals surface area (Å²) >= 11 is 4.93. The van der Waals surface area contributed by atoms with E-state index in [1.165, 1.54) is 11.3 Å². The highest BCUT2D eigenvalue weighted by Crippen LogP contribution is 2.31. The van der Waals surface area contributed by atoms with Gasteiger partial charge in [-0.05, 0) is 53.4 Å². The van der Waals surface area contributed by atoms with Gasteiger partial charge in [0, 0.05) is 10.0 Å². The maximum Gasteiger partial charge on any atom is 0.230 e. The highest BCUT2D eigenvalue weighted by Gasteiger charge is 2.15. The molecule has 0 fully saturated rings. The van der Waals surface area contributed by atoms with Crippen LogP contribution in [-0.2, 0) is 11.2 Å². The van der Waals surface area contributed by atoms with Crippen molar-refractivity contribution in [2.45, 2.75) is 6.42 Å². The summed E-state index contributed by atoms with van der Waals surface area (Å²) < 4.78 is 0.970. The van der Waals surface area contributed by atoms with Gasteiger partial charge in [0.25, 0.3) is 0 Å². The van der Waals surface area contributed by atoms with Crippen LogP contribution in [-0.4, -0.2) is 21.0 Å². The molecule has 1 amide bonds. The fourth-order valence-electron chi connectivity index (χ4n) is 2.80. The Hall–Kier alpha value is -3.03. The van der Waals surface area contributed by atoms with Crippen molar-refractivity contribution in [2.75, 3.05) is 5.32 Å². The third kappa shape index (κ3) is 4.70. The van der Waals surface area contributed by atoms with Gasteiger partial charge >= 0.3 is 0 Å². The fourth-order valence-corrected chi connectivity index (χ4v) is 3.78. The molecule has 0 saturated heterocycles. The van der Waals surface area contributed by atoms with Gasteiger partial charge < -0.3 is 10.4 Å². The van der Waals surface area contributed by atoms with Crippen LogP contribution in [0.5, 0.6) is 5.75 Å². The number of aromatic nitrogens is 2. The van der Waals surface area contributed by atoms with E-state index in [4.69, 9.17) is 4.98 Å². The number of aromatic hydroxyl groups is 1.